The molecular formula is C13H22N4. The number of H-pyrrole nitrogens is 1. The van der Waals surface area contributed by atoms with Gasteiger partial charge >= 0.3 is 0 Å². The zero-order chi connectivity index (χ0) is 11.7. The average molecular weight is 234 g/mol. The molecule has 1 aliphatic carbocycles. The van der Waals surface area contributed by atoms with E-state index in [0.29, 0.717) is 5.92 Å². The maximum Gasteiger partial charge on any atom is 0.153 e. The van der Waals surface area contributed by atoms with Crippen LogP contribution in [0.25, 0.3) is 0 Å². The fourth-order valence-electron chi connectivity index (χ4n) is 3.07. The van der Waals surface area contributed by atoms with E-state index in [0.717, 1.165) is 26.2 Å². The summed E-state index contributed by atoms with van der Waals surface area (Å²) in [5.41, 5.74) is 2.88. The van der Waals surface area contributed by atoms with E-state index in [4.69, 9.17) is 0 Å². The Kier molecular flexibility index (Phi) is 3.05. The van der Waals surface area contributed by atoms with E-state index in [-0.39, 0.29) is 0 Å². The molecule has 0 amide bonds. The van der Waals surface area contributed by atoms with Crippen LogP contribution in [0.1, 0.15) is 43.4 Å². The second-order valence-electron chi connectivity index (χ2n) is 5.32. The highest BCUT2D eigenvalue weighted by Gasteiger charge is 2.25. The first-order valence-electron chi connectivity index (χ1n) is 6.89. The highest BCUT2D eigenvalue weighted by Crippen LogP contribution is 2.34. The van der Waals surface area contributed by atoms with Crippen LogP contribution < -0.4 is 10.2 Å². The summed E-state index contributed by atoms with van der Waals surface area (Å²) in [5, 5.41) is 11.3. The van der Waals surface area contributed by atoms with Crippen molar-refractivity contribution in [1.82, 2.24) is 15.5 Å². The fraction of sp³-hybridized carbons (Fsp3) is 0.769. The first-order chi connectivity index (χ1) is 8.36. The molecule has 1 fully saturated rings. The number of rotatable bonds is 1. The SMILES string of the molecule is CC1CCCc2c(N3CCCNCC3)n[nH]c21. The van der Waals surface area contributed by atoms with Gasteiger partial charge in [0.25, 0.3) is 0 Å². The van der Waals surface area contributed by atoms with Gasteiger partial charge in [-0.25, -0.2) is 0 Å². The molecule has 0 spiro atoms. The highest BCUT2D eigenvalue weighted by molar-refractivity contribution is 5.51. The predicted molar refractivity (Wildman–Crippen MR) is 69.6 cm³/mol. The summed E-state index contributed by atoms with van der Waals surface area (Å²) in [6.45, 7) is 6.75. The summed E-state index contributed by atoms with van der Waals surface area (Å²) >= 11 is 0. The number of fused-ring (bicyclic) bond motifs is 1. The normalized spacial score (nSPS) is 25.5. The van der Waals surface area contributed by atoms with Crippen molar-refractivity contribution in [1.29, 1.82) is 0 Å². The predicted octanol–water partition coefficient (Wildman–Crippen LogP) is 1.65. The van der Waals surface area contributed by atoms with Gasteiger partial charge in [0, 0.05) is 30.9 Å². The first-order valence-corrected chi connectivity index (χ1v) is 6.89. The van der Waals surface area contributed by atoms with E-state index in [2.05, 4.69) is 27.3 Å². The number of aromatic amines is 1. The Bertz CT molecular complexity index is 377. The van der Waals surface area contributed by atoms with Crippen LogP contribution in [0.2, 0.25) is 0 Å². The molecule has 0 radical (unpaired) electrons. The number of aromatic nitrogens is 2. The van der Waals surface area contributed by atoms with Crippen LogP contribution in [-0.4, -0.2) is 36.4 Å². The van der Waals surface area contributed by atoms with Gasteiger partial charge in [-0.2, -0.15) is 5.10 Å². The molecule has 2 aliphatic rings. The summed E-state index contributed by atoms with van der Waals surface area (Å²) in [7, 11) is 0. The van der Waals surface area contributed by atoms with Crippen molar-refractivity contribution < 1.29 is 0 Å². The van der Waals surface area contributed by atoms with Crippen LogP contribution in [-0.2, 0) is 6.42 Å². The minimum atomic E-state index is 0.658. The van der Waals surface area contributed by atoms with E-state index >= 15 is 0 Å². The van der Waals surface area contributed by atoms with E-state index in [1.54, 1.807) is 0 Å². The lowest BCUT2D eigenvalue weighted by Crippen LogP contribution is -2.29. The third kappa shape index (κ3) is 2.06. The van der Waals surface area contributed by atoms with Crippen LogP contribution in [0.15, 0.2) is 0 Å². The minimum absolute atomic E-state index is 0.658. The summed E-state index contributed by atoms with van der Waals surface area (Å²) < 4.78 is 0. The van der Waals surface area contributed by atoms with E-state index in [1.165, 1.54) is 42.8 Å². The summed E-state index contributed by atoms with van der Waals surface area (Å²) in [5.74, 6) is 1.89. The van der Waals surface area contributed by atoms with Crippen molar-refractivity contribution in [3.05, 3.63) is 11.3 Å². The van der Waals surface area contributed by atoms with Crippen LogP contribution in [0.3, 0.4) is 0 Å². The summed E-state index contributed by atoms with van der Waals surface area (Å²) in [6.07, 6.45) is 5.04. The molecule has 1 atom stereocenters. The molecule has 1 aliphatic heterocycles. The fourth-order valence-corrected chi connectivity index (χ4v) is 3.07. The molecule has 4 nitrogen and oxygen atoms in total. The number of hydrogen-bond donors (Lipinski definition) is 2. The Hall–Kier alpha value is -1.03. The largest absolute Gasteiger partial charge is 0.354 e. The highest BCUT2D eigenvalue weighted by atomic mass is 15.3. The van der Waals surface area contributed by atoms with Crippen molar-refractivity contribution in [2.45, 2.75) is 38.5 Å². The standard InChI is InChI=1S/C13H22N4/c1-10-4-2-5-11-12(10)15-16-13(11)17-8-3-6-14-7-9-17/h10,14H,2-9H2,1H3,(H,15,16). The van der Waals surface area contributed by atoms with Crippen molar-refractivity contribution in [3.63, 3.8) is 0 Å². The summed E-state index contributed by atoms with van der Waals surface area (Å²) in [4.78, 5) is 2.45. The third-order valence-corrected chi connectivity index (χ3v) is 4.07. The van der Waals surface area contributed by atoms with Crippen LogP contribution in [0, 0.1) is 0 Å². The number of hydrogen-bond acceptors (Lipinski definition) is 3. The number of anilines is 1. The topological polar surface area (TPSA) is 44.0 Å². The molecular weight excluding hydrogens is 212 g/mol. The van der Waals surface area contributed by atoms with Crippen molar-refractivity contribution >= 4 is 5.82 Å². The molecule has 1 aromatic heterocycles. The maximum absolute atomic E-state index is 4.59. The van der Waals surface area contributed by atoms with E-state index in [1.807, 2.05) is 0 Å². The quantitative estimate of drug-likeness (QED) is 0.776. The van der Waals surface area contributed by atoms with Gasteiger partial charge in [0.1, 0.15) is 0 Å². The second kappa shape index (κ2) is 4.69. The lowest BCUT2D eigenvalue weighted by molar-refractivity contribution is 0.577. The minimum Gasteiger partial charge on any atom is -0.354 e. The molecule has 1 aromatic rings. The maximum atomic E-state index is 4.59. The molecule has 17 heavy (non-hydrogen) atoms. The van der Waals surface area contributed by atoms with Gasteiger partial charge in [0.05, 0.1) is 0 Å². The Labute approximate surface area is 103 Å². The molecule has 2 N–H and O–H groups in total. The zero-order valence-corrected chi connectivity index (χ0v) is 10.6. The second-order valence-corrected chi connectivity index (χ2v) is 5.32. The Morgan fingerprint density at radius 3 is 3.12 bits per heavy atom. The first kappa shape index (κ1) is 11.1. The Morgan fingerprint density at radius 1 is 1.24 bits per heavy atom. The van der Waals surface area contributed by atoms with Crippen molar-refractivity contribution in [2.75, 3.05) is 31.1 Å². The molecule has 1 saturated heterocycles. The lowest BCUT2D eigenvalue weighted by Gasteiger charge is -2.24. The lowest BCUT2D eigenvalue weighted by atomic mass is 9.89. The summed E-state index contributed by atoms with van der Waals surface area (Å²) in [6, 6.07) is 0. The van der Waals surface area contributed by atoms with Gasteiger partial charge < -0.3 is 10.2 Å². The zero-order valence-electron chi connectivity index (χ0n) is 10.6. The number of nitrogens with one attached hydrogen (secondary N) is 2. The van der Waals surface area contributed by atoms with Crippen LogP contribution in [0.4, 0.5) is 5.82 Å². The molecule has 0 aromatic carbocycles. The van der Waals surface area contributed by atoms with E-state index < -0.39 is 0 Å². The van der Waals surface area contributed by atoms with Crippen LogP contribution in [0.5, 0.6) is 0 Å². The Balaban J connectivity index is 1.87. The molecule has 0 saturated carbocycles. The third-order valence-electron chi connectivity index (χ3n) is 4.07. The van der Waals surface area contributed by atoms with Gasteiger partial charge in [-0.1, -0.05) is 6.92 Å². The average Bonchev–Trinajstić information content (AvgIpc) is 2.59. The molecule has 4 heteroatoms. The number of nitrogens with zero attached hydrogens (tertiary/aromatic N) is 2. The molecule has 0 bridgehead atoms. The van der Waals surface area contributed by atoms with Crippen molar-refractivity contribution in [3.8, 4) is 0 Å². The smallest absolute Gasteiger partial charge is 0.153 e. The molecule has 3 rings (SSSR count). The van der Waals surface area contributed by atoms with Gasteiger partial charge in [0.15, 0.2) is 5.82 Å². The monoisotopic (exact) mass is 234 g/mol. The van der Waals surface area contributed by atoms with Gasteiger partial charge in [-0.3, -0.25) is 5.10 Å². The molecule has 94 valence electrons. The van der Waals surface area contributed by atoms with Crippen LogP contribution >= 0.6 is 0 Å². The van der Waals surface area contributed by atoms with Gasteiger partial charge in [0.2, 0.25) is 0 Å². The Morgan fingerprint density at radius 2 is 2.18 bits per heavy atom. The van der Waals surface area contributed by atoms with E-state index in [9.17, 15) is 0 Å². The van der Waals surface area contributed by atoms with Gasteiger partial charge in [-0.15, -0.1) is 0 Å². The molecule has 1 unspecified atom stereocenters. The van der Waals surface area contributed by atoms with Crippen molar-refractivity contribution in [2.24, 2.45) is 0 Å². The van der Waals surface area contributed by atoms with Gasteiger partial charge in [-0.05, 0) is 38.1 Å². The molecule has 2 heterocycles.